The molecule has 0 spiro atoms. The lowest BCUT2D eigenvalue weighted by molar-refractivity contribution is -0.122. The van der Waals surface area contributed by atoms with Crippen molar-refractivity contribution in [1.29, 1.82) is 0 Å². The van der Waals surface area contributed by atoms with Crippen LogP contribution in [0.3, 0.4) is 0 Å². The van der Waals surface area contributed by atoms with Gasteiger partial charge in [-0.25, -0.2) is 8.42 Å². The molecule has 0 radical (unpaired) electrons. The third kappa shape index (κ3) is 7.15. The van der Waals surface area contributed by atoms with Gasteiger partial charge in [-0.15, -0.1) is 0 Å². The summed E-state index contributed by atoms with van der Waals surface area (Å²) in [4.78, 5) is 17.5. The van der Waals surface area contributed by atoms with E-state index < -0.39 is 10.0 Å². The molecule has 0 aliphatic carbocycles. The predicted molar refractivity (Wildman–Crippen MR) is 124 cm³/mol. The number of piperazine rings is 1. The number of nitrogens with one attached hydrogen (secondary N) is 1. The summed E-state index contributed by atoms with van der Waals surface area (Å²) in [6, 6.07) is 6.27. The molecule has 0 saturated carbocycles. The fourth-order valence-corrected chi connectivity index (χ4v) is 5.90. The number of likely N-dealkylation sites (N-methyl/N-ethyl adjacent to an activating group) is 1. The minimum absolute atomic E-state index is 0.0785. The van der Waals surface area contributed by atoms with E-state index in [4.69, 9.17) is 11.6 Å². The largest absolute Gasteiger partial charge is 0.356 e. The lowest BCUT2D eigenvalue weighted by Gasteiger charge is -2.34. The van der Waals surface area contributed by atoms with Crippen LogP contribution < -0.4 is 5.32 Å². The fraction of sp³-hybridized carbons (Fsp3) is 0.682. The van der Waals surface area contributed by atoms with Crippen molar-refractivity contribution in [3.05, 3.63) is 29.3 Å². The van der Waals surface area contributed by atoms with Crippen molar-refractivity contribution in [2.75, 3.05) is 58.9 Å². The second-order valence-corrected chi connectivity index (χ2v) is 10.9. The number of nitrogens with zero attached hydrogens (tertiary/aromatic N) is 3. The molecule has 0 aromatic heterocycles. The molecule has 31 heavy (non-hydrogen) atoms. The lowest BCUT2D eigenvalue weighted by Crippen LogP contribution is -2.46. The molecule has 1 aromatic rings. The lowest BCUT2D eigenvalue weighted by atomic mass is 9.94. The van der Waals surface area contributed by atoms with E-state index in [1.165, 1.54) is 4.31 Å². The van der Waals surface area contributed by atoms with Gasteiger partial charge in [-0.05, 0) is 62.5 Å². The van der Waals surface area contributed by atoms with Crippen molar-refractivity contribution in [3.8, 4) is 0 Å². The minimum atomic E-state index is -3.50. The van der Waals surface area contributed by atoms with Gasteiger partial charge in [-0.2, -0.15) is 4.31 Å². The van der Waals surface area contributed by atoms with E-state index >= 15 is 0 Å². The van der Waals surface area contributed by atoms with E-state index in [9.17, 15) is 13.2 Å². The maximum absolute atomic E-state index is 12.8. The van der Waals surface area contributed by atoms with Crippen LogP contribution in [0.1, 0.15) is 32.6 Å². The molecule has 2 fully saturated rings. The van der Waals surface area contributed by atoms with Gasteiger partial charge in [0.05, 0.1) is 4.90 Å². The molecule has 1 amide bonds. The SMILES string of the molecule is CCN1CCN(CCCNC(=O)CC2CCN(S(=O)(=O)c3ccc(Cl)cc3)CC2)CC1. The van der Waals surface area contributed by atoms with Crippen LogP contribution in [0.15, 0.2) is 29.2 Å². The van der Waals surface area contributed by atoms with Gasteiger partial charge in [0.15, 0.2) is 0 Å². The summed E-state index contributed by atoms with van der Waals surface area (Å²) in [5.41, 5.74) is 0. The Labute approximate surface area is 191 Å². The molecule has 1 aromatic carbocycles. The molecule has 2 saturated heterocycles. The Morgan fingerprint density at radius 1 is 1.03 bits per heavy atom. The second-order valence-electron chi connectivity index (χ2n) is 8.48. The van der Waals surface area contributed by atoms with Crippen molar-refractivity contribution < 1.29 is 13.2 Å². The Hall–Kier alpha value is -1.19. The molecule has 0 unspecified atom stereocenters. The van der Waals surface area contributed by atoms with E-state index in [2.05, 4.69) is 22.0 Å². The number of piperidine rings is 1. The van der Waals surface area contributed by atoms with Gasteiger partial charge in [0.1, 0.15) is 0 Å². The van der Waals surface area contributed by atoms with E-state index in [0.717, 1.165) is 45.7 Å². The van der Waals surface area contributed by atoms with Gasteiger partial charge in [0.2, 0.25) is 15.9 Å². The smallest absolute Gasteiger partial charge is 0.243 e. The maximum atomic E-state index is 12.8. The summed E-state index contributed by atoms with van der Waals surface area (Å²) in [6.07, 6.45) is 2.86. The molecule has 1 N–H and O–H groups in total. The highest BCUT2D eigenvalue weighted by Gasteiger charge is 2.30. The molecule has 3 rings (SSSR count). The Morgan fingerprint density at radius 3 is 2.26 bits per heavy atom. The number of carbonyl (C=O) groups is 1. The van der Waals surface area contributed by atoms with Crippen LogP contribution in [-0.2, 0) is 14.8 Å². The third-order valence-corrected chi connectivity index (χ3v) is 8.55. The fourth-order valence-electron chi connectivity index (χ4n) is 4.30. The second kappa shape index (κ2) is 11.6. The van der Waals surface area contributed by atoms with Gasteiger partial charge in [0.25, 0.3) is 0 Å². The number of benzene rings is 1. The quantitative estimate of drug-likeness (QED) is 0.560. The average molecular weight is 471 g/mol. The molecule has 2 aliphatic heterocycles. The monoisotopic (exact) mass is 470 g/mol. The van der Waals surface area contributed by atoms with Gasteiger partial charge in [0, 0.05) is 57.3 Å². The summed E-state index contributed by atoms with van der Waals surface area (Å²) in [7, 11) is -3.50. The molecule has 2 heterocycles. The summed E-state index contributed by atoms with van der Waals surface area (Å²) >= 11 is 5.86. The molecule has 9 heteroatoms. The van der Waals surface area contributed by atoms with Crippen LogP contribution in [-0.4, -0.2) is 87.3 Å². The summed E-state index contributed by atoms with van der Waals surface area (Å²) in [5, 5.41) is 3.56. The first-order valence-corrected chi connectivity index (χ1v) is 13.2. The van der Waals surface area contributed by atoms with Crippen LogP contribution in [0.4, 0.5) is 0 Å². The Balaban J connectivity index is 1.32. The Kier molecular flexibility index (Phi) is 9.16. The zero-order valence-corrected chi connectivity index (χ0v) is 20.0. The van der Waals surface area contributed by atoms with Crippen LogP contribution >= 0.6 is 11.6 Å². The Morgan fingerprint density at radius 2 is 1.65 bits per heavy atom. The van der Waals surface area contributed by atoms with Crippen molar-refractivity contribution in [1.82, 2.24) is 19.4 Å². The molecule has 174 valence electrons. The summed E-state index contributed by atoms with van der Waals surface area (Å²) in [6.45, 7) is 10.4. The topological polar surface area (TPSA) is 73.0 Å². The maximum Gasteiger partial charge on any atom is 0.243 e. The standard InChI is InChI=1S/C22H35ClN4O3S/c1-2-25-14-16-26(17-15-25)11-3-10-24-22(28)18-19-8-12-27(13-9-19)31(29,30)21-6-4-20(23)5-7-21/h4-7,19H,2-3,8-18H2,1H3,(H,24,28). The highest BCUT2D eigenvalue weighted by Crippen LogP contribution is 2.26. The van der Waals surface area contributed by atoms with Gasteiger partial charge >= 0.3 is 0 Å². The van der Waals surface area contributed by atoms with Crippen molar-refractivity contribution in [2.45, 2.75) is 37.5 Å². The number of hydrogen-bond acceptors (Lipinski definition) is 5. The first-order chi connectivity index (χ1) is 14.9. The van der Waals surface area contributed by atoms with Gasteiger partial charge in [-0.3, -0.25) is 4.79 Å². The highest BCUT2D eigenvalue weighted by molar-refractivity contribution is 7.89. The van der Waals surface area contributed by atoms with Crippen LogP contribution in [0, 0.1) is 5.92 Å². The van der Waals surface area contributed by atoms with Crippen LogP contribution in [0.5, 0.6) is 0 Å². The molecule has 0 bridgehead atoms. The molecular formula is C22H35ClN4O3S. The first kappa shape index (κ1) is 24.5. The summed E-state index contributed by atoms with van der Waals surface area (Å²) in [5.74, 6) is 0.314. The zero-order valence-electron chi connectivity index (χ0n) is 18.4. The average Bonchev–Trinajstić information content (AvgIpc) is 2.78. The minimum Gasteiger partial charge on any atom is -0.356 e. The highest BCUT2D eigenvalue weighted by atomic mass is 35.5. The summed E-state index contributed by atoms with van der Waals surface area (Å²) < 4.78 is 27.0. The Bertz CT molecular complexity index is 803. The van der Waals surface area contributed by atoms with Crippen LogP contribution in [0.2, 0.25) is 5.02 Å². The molecule has 7 nitrogen and oxygen atoms in total. The van der Waals surface area contributed by atoms with Gasteiger partial charge in [-0.1, -0.05) is 18.5 Å². The first-order valence-electron chi connectivity index (χ1n) is 11.4. The van der Waals surface area contributed by atoms with Gasteiger partial charge < -0.3 is 15.1 Å². The third-order valence-electron chi connectivity index (χ3n) is 6.38. The van der Waals surface area contributed by atoms with E-state index in [-0.39, 0.29) is 16.7 Å². The van der Waals surface area contributed by atoms with Crippen molar-refractivity contribution in [3.63, 3.8) is 0 Å². The van der Waals surface area contributed by atoms with Crippen LogP contribution in [0.25, 0.3) is 0 Å². The molecule has 0 atom stereocenters. The predicted octanol–water partition coefficient (Wildman–Crippen LogP) is 2.27. The number of amides is 1. The normalized spacial score (nSPS) is 20.1. The van der Waals surface area contributed by atoms with E-state index in [0.29, 0.717) is 43.9 Å². The number of rotatable bonds is 9. The number of halogens is 1. The zero-order chi connectivity index (χ0) is 22.3. The van der Waals surface area contributed by atoms with Crippen molar-refractivity contribution >= 4 is 27.5 Å². The number of carbonyl (C=O) groups excluding carboxylic acids is 1. The van der Waals surface area contributed by atoms with E-state index in [1.54, 1.807) is 24.3 Å². The molecular weight excluding hydrogens is 436 g/mol. The molecule has 2 aliphatic rings. The number of sulfonamides is 1. The number of hydrogen-bond donors (Lipinski definition) is 1. The van der Waals surface area contributed by atoms with E-state index in [1.807, 2.05) is 0 Å². The van der Waals surface area contributed by atoms with Crippen molar-refractivity contribution in [2.24, 2.45) is 5.92 Å².